The first kappa shape index (κ1) is 9.26. The maximum Gasteiger partial charge on any atom is 0.108 e. The molecule has 0 saturated carbocycles. The van der Waals surface area contributed by atoms with Gasteiger partial charge in [0.05, 0.1) is 0 Å². The zero-order valence-electron chi connectivity index (χ0n) is 7.66. The minimum Gasteiger partial charge on any atom is -0.338 e. The summed E-state index contributed by atoms with van der Waals surface area (Å²) in [6.07, 6.45) is 8.44. The standard InChI is InChI=1S/C9H17N3/c1-12-8-7-11-9(12)5-3-2-4-6-10/h7-8H,2-6,10H2,1H3. The van der Waals surface area contributed by atoms with Crippen LogP contribution in [0.3, 0.4) is 0 Å². The van der Waals surface area contributed by atoms with E-state index in [1.165, 1.54) is 18.7 Å². The predicted molar refractivity (Wildman–Crippen MR) is 49.8 cm³/mol. The summed E-state index contributed by atoms with van der Waals surface area (Å²) in [6, 6.07) is 0. The number of hydrogen-bond acceptors (Lipinski definition) is 2. The predicted octanol–water partition coefficient (Wildman–Crippen LogP) is 1.09. The van der Waals surface area contributed by atoms with Crippen molar-refractivity contribution in [3.05, 3.63) is 18.2 Å². The number of aryl methyl sites for hydroxylation is 2. The second kappa shape index (κ2) is 4.93. The molecule has 0 aromatic carbocycles. The van der Waals surface area contributed by atoms with Gasteiger partial charge in [0.1, 0.15) is 5.82 Å². The highest BCUT2D eigenvalue weighted by Crippen LogP contribution is 2.02. The molecule has 0 bridgehead atoms. The Morgan fingerprint density at radius 1 is 1.42 bits per heavy atom. The minimum absolute atomic E-state index is 0.806. The molecule has 1 rings (SSSR count). The topological polar surface area (TPSA) is 43.8 Å². The molecule has 3 heteroatoms. The molecule has 0 aliphatic heterocycles. The van der Waals surface area contributed by atoms with Crippen molar-refractivity contribution in [3.8, 4) is 0 Å². The highest BCUT2D eigenvalue weighted by atomic mass is 15.0. The minimum atomic E-state index is 0.806. The first-order chi connectivity index (χ1) is 5.84. The van der Waals surface area contributed by atoms with E-state index >= 15 is 0 Å². The van der Waals surface area contributed by atoms with Crippen LogP contribution in [-0.4, -0.2) is 16.1 Å². The van der Waals surface area contributed by atoms with Crippen molar-refractivity contribution in [3.63, 3.8) is 0 Å². The highest BCUT2D eigenvalue weighted by Gasteiger charge is 1.97. The van der Waals surface area contributed by atoms with Gasteiger partial charge in [-0.1, -0.05) is 6.42 Å². The first-order valence-corrected chi connectivity index (χ1v) is 4.51. The van der Waals surface area contributed by atoms with Crippen molar-refractivity contribution in [2.45, 2.75) is 25.7 Å². The summed E-state index contributed by atoms with van der Waals surface area (Å²) in [7, 11) is 2.03. The molecule has 3 nitrogen and oxygen atoms in total. The molecule has 0 amide bonds. The van der Waals surface area contributed by atoms with Crippen molar-refractivity contribution in [2.24, 2.45) is 12.8 Å². The molecule has 0 saturated heterocycles. The fraction of sp³-hybridized carbons (Fsp3) is 0.667. The summed E-state index contributed by atoms with van der Waals surface area (Å²) in [6.45, 7) is 0.806. The molecule has 2 N–H and O–H groups in total. The molecular formula is C9H17N3. The van der Waals surface area contributed by atoms with Crippen molar-refractivity contribution >= 4 is 0 Å². The van der Waals surface area contributed by atoms with Gasteiger partial charge in [-0.25, -0.2) is 4.98 Å². The lowest BCUT2D eigenvalue weighted by atomic mass is 10.2. The monoisotopic (exact) mass is 167 g/mol. The molecular weight excluding hydrogens is 150 g/mol. The fourth-order valence-corrected chi connectivity index (χ4v) is 1.24. The zero-order valence-corrected chi connectivity index (χ0v) is 7.66. The number of aromatic nitrogens is 2. The van der Waals surface area contributed by atoms with E-state index in [9.17, 15) is 0 Å². The molecule has 0 unspecified atom stereocenters. The van der Waals surface area contributed by atoms with E-state index in [2.05, 4.69) is 9.55 Å². The van der Waals surface area contributed by atoms with Crippen molar-refractivity contribution in [2.75, 3.05) is 6.54 Å². The second-order valence-electron chi connectivity index (χ2n) is 3.05. The lowest BCUT2D eigenvalue weighted by molar-refractivity contribution is 0.653. The number of unbranched alkanes of at least 4 members (excludes halogenated alkanes) is 2. The van der Waals surface area contributed by atoms with Crippen LogP contribution in [0.15, 0.2) is 12.4 Å². The number of hydrogen-bond donors (Lipinski definition) is 1. The molecule has 1 aromatic rings. The molecule has 0 aliphatic carbocycles. The van der Waals surface area contributed by atoms with Gasteiger partial charge < -0.3 is 10.3 Å². The van der Waals surface area contributed by atoms with Gasteiger partial charge in [-0.2, -0.15) is 0 Å². The van der Waals surface area contributed by atoms with Crippen LogP contribution in [0.2, 0.25) is 0 Å². The first-order valence-electron chi connectivity index (χ1n) is 4.51. The average molecular weight is 167 g/mol. The van der Waals surface area contributed by atoms with Gasteiger partial charge in [0.15, 0.2) is 0 Å². The Labute approximate surface area is 73.6 Å². The van der Waals surface area contributed by atoms with Crippen LogP contribution < -0.4 is 5.73 Å². The van der Waals surface area contributed by atoms with Crippen molar-refractivity contribution in [1.82, 2.24) is 9.55 Å². The van der Waals surface area contributed by atoms with Gasteiger partial charge in [-0.15, -0.1) is 0 Å². The Bertz CT molecular complexity index is 217. The molecule has 0 radical (unpaired) electrons. The average Bonchev–Trinajstić information content (AvgIpc) is 2.46. The maximum absolute atomic E-state index is 5.40. The van der Waals surface area contributed by atoms with Crippen LogP contribution >= 0.6 is 0 Å². The second-order valence-corrected chi connectivity index (χ2v) is 3.05. The van der Waals surface area contributed by atoms with Gasteiger partial charge in [-0.05, 0) is 19.4 Å². The normalized spacial score (nSPS) is 10.5. The van der Waals surface area contributed by atoms with Crippen LogP contribution in [0, 0.1) is 0 Å². The summed E-state index contributed by atoms with van der Waals surface area (Å²) in [5.41, 5.74) is 5.40. The molecule has 12 heavy (non-hydrogen) atoms. The molecule has 1 heterocycles. The molecule has 0 aliphatic rings. The summed E-state index contributed by atoms with van der Waals surface area (Å²) >= 11 is 0. The van der Waals surface area contributed by atoms with E-state index in [4.69, 9.17) is 5.73 Å². The number of imidazole rings is 1. The third kappa shape index (κ3) is 2.66. The van der Waals surface area contributed by atoms with Gasteiger partial charge in [0, 0.05) is 25.9 Å². The third-order valence-electron chi connectivity index (χ3n) is 2.03. The van der Waals surface area contributed by atoms with Crippen LogP contribution in [0.1, 0.15) is 25.1 Å². The van der Waals surface area contributed by atoms with Gasteiger partial charge in [0.2, 0.25) is 0 Å². The number of nitrogens with zero attached hydrogens (tertiary/aromatic N) is 2. The zero-order chi connectivity index (χ0) is 8.81. The van der Waals surface area contributed by atoms with E-state index in [1.54, 1.807) is 0 Å². The number of rotatable bonds is 5. The fourth-order valence-electron chi connectivity index (χ4n) is 1.24. The van der Waals surface area contributed by atoms with Crippen molar-refractivity contribution < 1.29 is 0 Å². The van der Waals surface area contributed by atoms with E-state index in [0.29, 0.717) is 0 Å². The Morgan fingerprint density at radius 2 is 2.25 bits per heavy atom. The Morgan fingerprint density at radius 3 is 2.83 bits per heavy atom. The Balaban J connectivity index is 2.20. The van der Waals surface area contributed by atoms with Crippen molar-refractivity contribution in [1.29, 1.82) is 0 Å². The molecule has 1 aromatic heterocycles. The highest BCUT2D eigenvalue weighted by molar-refractivity contribution is 4.90. The smallest absolute Gasteiger partial charge is 0.108 e. The van der Waals surface area contributed by atoms with Crippen LogP contribution in [-0.2, 0) is 13.5 Å². The summed E-state index contributed by atoms with van der Waals surface area (Å²) in [5, 5.41) is 0. The van der Waals surface area contributed by atoms with E-state index in [1.807, 2.05) is 19.4 Å². The molecule has 68 valence electrons. The lowest BCUT2D eigenvalue weighted by Gasteiger charge is -2.00. The molecule has 0 fully saturated rings. The quantitative estimate of drug-likeness (QED) is 0.667. The molecule has 0 spiro atoms. The number of nitrogens with two attached hydrogens (primary N) is 1. The Hall–Kier alpha value is -0.830. The van der Waals surface area contributed by atoms with Gasteiger partial charge >= 0.3 is 0 Å². The van der Waals surface area contributed by atoms with E-state index in [-0.39, 0.29) is 0 Å². The van der Waals surface area contributed by atoms with Crippen LogP contribution in [0.25, 0.3) is 0 Å². The SMILES string of the molecule is Cn1ccnc1CCCCCN. The van der Waals surface area contributed by atoms with Gasteiger partial charge in [-0.3, -0.25) is 0 Å². The lowest BCUT2D eigenvalue weighted by Crippen LogP contribution is -2.00. The summed E-state index contributed by atoms with van der Waals surface area (Å²) in [4.78, 5) is 4.25. The summed E-state index contributed by atoms with van der Waals surface area (Å²) in [5.74, 6) is 1.17. The maximum atomic E-state index is 5.40. The Kier molecular flexibility index (Phi) is 3.80. The van der Waals surface area contributed by atoms with Crippen LogP contribution in [0.5, 0.6) is 0 Å². The van der Waals surface area contributed by atoms with E-state index < -0.39 is 0 Å². The third-order valence-corrected chi connectivity index (χ3v) is 2.03. The van der Waals surface area contributed by atoms with Gasteiger partial charge in [0.25, 0.3) is 0 Å². The van der Waals surface area contributed by atoms with E-state index in [0.717, 1.165) is 19.4 Å². The van der Waals surface area contributed by atoms with Crippen LogP contribution in [0.4, 0.5) is 0 Å². The summed E-state index contributed by atoms with van der Waals surface area (Å²) < 4.78 is 2.07. The molecule has 0 atom stereocenters. The largest absolute Gasteiger partial charge is 0.338 e.